The van der Waals surface area contributed by atoms with Crippen LogP contribution in [0, 0.1) is 11.8 Å². The average molecular weight is 285 g/mol. The van der Waals surface area contributed by atoms with Crippen LogP contribution in [-0.4, -0.2) is 34.4 Å². The molecule has 0 bridgehead atoms. The maximum atomic E-state index is 11.5. The van der Waals surface area contributed by atoms with E-state index in [9.17, 15) is 9.90 Å². The first-order valence-corrected chi connectivity index (χ1v) is 7.31. The molecule has 1 N–H and O–H groups in total. The van der Waals surface area contributed by atoms with Crippen LogP contribution in [0.4, 0.5) is 5.69 Å². The van der Waals surface area contributed by atoms with Crippen molar-refractivity contribution in [1.82, 2.24) is 10.2 Å². The molecular weight excluding hydrogens is 266 g/mol. The molecule has 1 saturated heterocycles. The molecule has 0 spiro atoms. The third-order valence-electron chi connectivity index (χ3n) is 4.49. The molecular formula is C16H19N3O2. The van der Waals surface area contributed by atoms with Crippen LogP contribution in [0.25, 0.3) is 10.9 Å². The van der Waals surface area contributed by atoms with Gasteiger partial charge in [0.15, 0.2) is 5.69 Å². The number of carbonyl (C=O) groups is 1. The van der Waals surface area contributed by atoms with Crippen LogP contribution < -0.4 is 4.90 Å². The summed E-state index contributed by atoms with van der Waals surface area (Å²) in [5.74, 6) is 0.178. The average Bonchev–Trinajstić information content (AvgIpc) is 2.49. The van der Waals surface area contributed by atoms with Gasteiger partial charge in [-0.3, -0.25) is 0 Å². The Hall–Kier alpha value is -2.17. The summed E-state index contributed by atoms with van der Waals surface area (Å²) in [4.78, 5) is 13.7. The first-order valence-electron chi connectivity index (χ1n) is 7.31. The summed E-state index contributed by atoms with van der Waals surface area (Å²) >= 11 is 0. The van der Waals surface area contributed by atoms with Gasteiger partial charge in [-0.1, -0.05) is 32.0 Å². The number of nitrogens with zero attached hydrogens (tertiary/aromatic N) is 3. The standard InChI is InChI=1S/C16H19N3O2/c1-10-7-8-19(9-11(10)2)15-12-5-3-4-6-13(12)17-18-14(15)16(20)21/h3-6,10-11H,7-9H2,1-2H3,(H,20,21). The van der Waals surface area contributed by atoms with Crippen molar-refractivity contribution in [2.75, 3.05) is 18.0 Å². The van der Waals surface area contributed by atoms with Gasteiger partial charge in [0.1, 0.15) is 0 Å². The summed E-state index contributed by atoms with van der Waals surface area (Å²) < 4.78 is 0. The molecule has 2 aromatic rings. The monoisotopic (exact) mass is 285 g/mol. The molecule has 1 fully saturated rings. The molecule has 1 aliphatic rings. The molecule has 1 aromatic carbocycles. The summed E-state index contributed by atoms with van der Waals surface area (Å²) in [5.41, 5.74) is 1.51. The number of piperidine rings is 1. The number of anilines is 1. The Kier molecular flexibility index (Phi) is 3.49. The lowest BCUT2D eigenvalue weighted by molar-refractivity contribution is 0.0690. The van der Waals surface area contributed by atoms with Gasteiger partial charge in [-0.05, 0) is 24.3 Å². The minimum Gasteiger partial charge on any atom is -0.476 e. The molecule has 3 rings (SSSR count). The van der Waals surface area contributed by atoms with E-state index in [1.807, 2.05) is 24.3 Å². The molecule has 5 heteroatoms. The van der Waals surface area contributed by atoms with Gasteiger partial charge >= 0.3 is 5.97 Å². The molecule has 2 heterocycles. The van der Waals surface area contributed by atoms with Crippen molar-refractivity contribution in [2.45, 2.75) is 20.3 Å². The van der Waals surface area contributed by atoms with Crippen LogP contribution >= 0.6 is 0 Å². The van der Waals surface area contributed by atoms with E-state index in [2.05, 4.69) is 28.9 Å². The Balaban J connectivity index is 2.14. The molecule has 5 nitrogen and oxygen atoms in total. The van der Waals surface area contributed by atoms with Gasteiger partial charge in [0.2, 0.25) is 0 Å². The van der Waals surface area contributed by atoms with Crippen molar-refractivity contribution in [1.29, 1.82) is 0 Å². The second-order valence-corrected chi connectivity index (χ2v) is 5.91. The topological polar surface area (TPSA) is 66.3 Å². The van der Waals surface area contributed by atoms with Crippen LogP contribution in [0.5, 0.6) is 0 Å². The van der Waals surface area contributed by atoms with Crippen molar-refractivity contribution < 1.29 is 9.90 Å². The Morgan fingerprint density at radius 3 is 2.71 bits per heavy atom. The lowest BCUT2D eigenvalue weighted by Crippen LogP contribution is -2.39. The van der Waals surface area contributed by atoms with Gasteiger partial charge in [-0.2, -0.15) is 0 Å². The van der Waals surface area contributed by atoms with Crippen molar-refractivity contribution >= 4 is 22.6 Å². The summed E-state index contributed by atoms with van der Waals surface area (Å²) in [6.07, 6.45) is 1.07. The smallest absolute Gasteiger partial charge is 0.358 e. The summed E-state index contributed by atoms with van der Waals surface area (Å²) in [6, 6.07) is 7.60. The van der Waals surface area contributed by atoms with E-state index in [-0.39, 0.29) is 5.69 Å². The van der Waals surface area contributed by atoms with Gasteiger partial charge < -0.3 is 10.0 Å². The quantitative estimate of drug-likeness (QED) is 0.919. The number of carboxylic acid groups (broad SMARTS) is 1. The fourth-order valence-corrected chi connectivity index (χ4v) is 2.97. The maximum absolute atomic E-state index is 11.5. The van der Waals surface area contributed by atoms with E-state index < -0.39 is 5.97 Å². The Labute approximate surface area is 123 Å². The zero-order valence-electron chi connectivity index (χ0n) is 12.3. The third kappa shape index (κ3) is 2.44. The van der Waals surface area contributed by atoms with Gasteiger partial charge in [-0.15, -0.1) is 10.2 Å². The number of benzene rings is 1. The molecule has 2 unspecified atom stereocenters. The van der Waals surface area contributed by atoms with E-state index in [0.29, 0.717) is 17.5 Å². The highest BCUT2D eigenvalue weighted by atomic mass is 16.4. The lowest BCUT2D eigenvalue weighted by atomic mass is 9.88. The van der Waals surface area contributed by atoms with Crippen LogP contribution in [0.15, 0.2) is 24.3 Å². The molecule has 0 radical (unpaired) electrons. The number of carboxylic acids is 1. The molecule has 2 atom stereocenters. The maximum Gasteiger partial charge on any atom is 0.358 e. The highest BCUT2D eigenvalue weighted by Gasteiger charge is 2.28. The van der Waals surface area contributed by atoms with Crippen molar-refractivity contribution in [3.63, 3.8) is 0 Å². The highest BCUT2D eigenvalue weighted by Crippen LogP contribution is 2.33. The zero-order valence-corrected chi connectivity index (χ0v) is 12.3. The summed E-state index contributed by atoms with van der Waals surface area (Å²) in [6.45, 7) is 6.19. The van der Waals surface area contributed by atoms with E-state index in [0.717, 1.165) is 30.4 Å². The second-order valence-electron chi connectivity index (χ2n) is 5.91. The number of hydrogen-bond donors (Lipinski definition) is 1. The Bertz CT molecular complexity index is 686. The molecule has 0 amide bonds. The normalized spacial score (nSPS) is 22.5. The second kappa shape index (κ2) is 5.31. The summed E-state index contributed by atoms with van der Waals surface area (Å²) in [7, 11) is 0. The van der Waals surface area contributed by atoms with Gasteiger partial charge in [0, 0.05) is 18.5 Å². The molecule has 1 aliphatic heterocycles. The molecule has 0 aliphatic carbocycles. The van der Waals surface area contributed by atoms with Gasteiger partial charge in [-0.25, -0.2) is 4.79 Å². The predicted molar refractivity (Wildman–Crippen MR) is 81.7 cm³/mol. The van der Waals surface area contributed by atoms with Crippen LogP contribution in [0.1, 0.15) is 30.8 Å². The number of rotatable bonds is 2. The van der Waals surface area contributed by atoms with E-state index in [1.165, 1.54) is 0 Å². The highest BCUT2D eigenvalue weighted by molar-refractivity contribution is 6.02. The van der Waals surface area contributed by atoms with Crippen molar-refractivity contribution in [2.24, 2.45) is 11.8 Å². The minimum absolute atomic E-state index is 0.0513. The van der Waals surface area contributed by atoms with Crippen LogP contribution in [0.2, 0.25) is 0 Å². The van der Waals surface area contributed by atoms with Gasteiger partial charge in [0.05, 0.1) is 11.2 Å². The van der Waals surface area contributed by atoms with E-state index in [4.69, 9.17) is 0 Å². The first-order chi connectivity index (χ1) is 10.1. The Morgan fingerprint density at radius 1 is 1.24 bits per heavy atom. The Morgan fingerprint density at radius 2 is 2.00 bits per heavy atom. The van der Waals surface area contributed by atoms with E-state index in [1.54, 1.807) is 0 Å². The molecule has 21 heavy (non-hydrogen) atoms. The number of fused-ring (bicyclic) bond motifs is 1. The lowest BCUT2D eigenvalue weighted by Gasteiger charge is -2.37. The number of aromatic carboxylic acids is 1. The van der Waals surface area contributed by atoms with Crippen LogP contribution in [0.3, 0.4) is 0 Å². The van der Waals surface area contributed by atoms with Crippen LogP contribution in [-0.2, 0) is 0 Å². The summed E-state index contributed by atoms with van der Waals surface area (Å²) in [5, 5.41) is 18.3. The van der Waals surface area contributed by atoms with Gasteiger partial charge in [0.25, 0.3) is 0 Å². The third-order valence-corrected chi connectivity index (χ3v) is 4.49. The van der Waals surface area contributed by atoms with Crippen molar-refractivity contribution in [3.8, 4) is 0 Å². The molecule has 1 aromatic heterocycles. The fourth-order valence-electron chi connectivity index (χ4n) is 2.97. The predicted octanol–water partition coefficient (Wildman–Crippen LogP) is 2.81. The minimum atomic E-state index is -1.02. The number of aromatic nitrogens is 2. The largest absolute Gasteiger partial charge is 0.476 e. The SMILES string of the molecule is CC1CCN(c2c(C(=O)O)nnc3ccccc23)CC1C. The molecule has 0 saturated carbocycles. The van der Waals surface area contributed by atoms with Crippen molar-refractivity contribution in [3.05, 3.63) is 30.0 Å². The zero-order chi connectivity index (χ0) is 15.0. The number of hydrogen-bond acceptors (Lipinski definition) is 4. The fraction of sp³-hybridized carbons (Fsp3) is 0.438. The van der Waals surface area contributed by atoms with E-state index >= 15 is 0 Å². The first kappa shape index (κ1) is 13.8. The molecule has 110 valence electrons.